The minimum atomic E-state index is 0. The first kappa shape index (κ1) is 16.0. The summed E-state index contributed by atoms with van der Waals surface area (Å²) in [6.07, 6.45) is 1.97. The molecule has 0 aromatic heterocycles. The third-order valence-corrected chi connectivity index (χ3v) is 3.42. The first-order valence-electron chi connectivity index (χ1n) is 6.48. The minimum Gasteiger partial charge on any atom is -0.328 e. The van der Waals surface area contributed by atoms with Gasteiger partial charge in [0.15, 0.2) is 0 Å². The van der Waals surface area contributed by atoms with E-state index >= 15 is 0 Å². The van der Waals surface area contributed by atoms with E-state index in [1.54, 1.807) is 0 Å². The molecule has 5 heteroatoms. The predicted molar refractivity (Wildman–Crippen MR) is 80.7 cm³/mol. The molecule has 1 aromatic rings. The summed E-state index contributed by atoms with van der Waals surface area (Å²) in [5, 5.41) is 2.96. The second-order valence-corrected chi connectivity index (χ2v) is 4.98. The number of halogens is 1. The Labute approximate surface area is 120 Å². The second kappa shape index (κ2) is 7.48. The maximum Gasteiger partial charge on any atom is 0.238 e. The fourth-order valence-electron chi connectivity index (χ4n) is 2.22. The molecular formula is C14H22ClN3O. The molecule has 1 saturated heterocycles. The van der Waals surface area contributed by atoms with Gasteiger partial charge in [-0.25, -0.2) is 0 Å². The van der Waals surface area contributed by atoms with Crippen molar-refractivity contribution in [2.75, 3.05) is 25.0 Å². The van der Waals surface area contributed by atoms with Crippen LogP contribution in [0.1, 0.15) is 18.4 Å². The molecule has 1 fully saturated rings. The van der Waals surface area contributed by atoms with Crippen molar-refractivity contribution in [3.8, 4) is 0 Å². The molecule has 1 aliphatic rings. The number of nitrogens with zero attached hydrogens (tertiary/aromatic N) is 1. The minimum absolute atomic E-state index is 0. The molecule has 0 saturated carbocycles. The van der Waals surface area contributed by atoms with Crippen LogP contribution in [0.25, 0.3) is 0 Å². The van der Waals surface area contributed by atoms with E-state index < -0.39 is 0 Å². The van der Waals surface area contributed by atoms with Crippen molar-refractivity contribution in [3.63, 3.8) is 0 Å². The van der Waals surface area contributed by atoms with E-state index in [4.69, 9.17) is 5.73 Å². The van der Waals surface area contributed by atoms with Crippen molar-refractivity contribution in [1.29, 1.82) is 0 Å². The Balaban J connectivity index is 0.00000180. The lowest BCUT2D eigenvalue weighted by atomic mass is 10.1. The summed E-state index contributed by atoms with van der Waals surface area (Å²) in [6, 6.07) is 8.13. The van der Waals surface area contributed by atoms with Crippen molar-refractivity contribution in [3.05, 3.63) is 29.8 Å². The molecular weight excluding hydrogens is 262 g/mol. The van der Waals surface area contributed by atoms with Gasteiger partial charge in [-0.3, -0.25) is 9.69 Å². The number of amides is 1. The van der Waals surface area contributed by atoms with E-state index in [0.29, 0.717) is 12.6 Å². The molecule has 1 aliphatic heterocycles. The van der Waals surface area contributed by atoms with Gasteiger partial charge < -0.3 is 11.1 Å². The highest BCUT2D eigenvalue weighted by molar-refractivity contribution is 5.92. The van der Waals surface area contributed by atoms with Gasteiger partial charge in [0.1, 0.15) is 0 Å². The first-order chi connectivity index (χ1) is 8.65. The normalized spacial score (nSPS) is 16.7. The molecule has 0 radical (unpaired) electrons. The monoisotopic (exact) mass is 283 g/mol. The summed E-state index contributed by atoms with van der Waals surface area (Å²) in [7, 11) is 0. The number of benzene rings is 1. The van der Waals surface area contributed by atoms with Crippen LogP contribution in [-0.4, -0.2) is 36.5 Å². The Bertz CT molecular complexity index is 417. The number of nitrogens with one attached hydrogen (secondary N) is 1. The smallest absolute Gasteiger partial charge is 0.238 e. The standard InChI is InChI=1S/C14H21N3O.ClH/c1-11-4-2-3-5-13(11)16-14(18)10-17-8-6-12(15)7-9-17;/h2-5,12H,6-10,15H2,1H3,(H,16,18);1H. The summed E-state index contributed by atoms with van der Waals surface area (Å²) in [4.78, 5) is 14.1. The number of rotatable bonds is 3. The molecule has 2 rings (SSSR count). The average molecular weight is 284 g/mol. The third kappa shape index (κ3) is 4.82. The number of anilines is 1. The molecule has 4 nitrogen and oxygen atoms in total. The van der Waals surface area contributed by atoms with Crippen LogP contribution in [0.5, 0.6) is 0 Å². The van der Waals surface area contributed by atoms with E-state index in [1.165, 1.54) is 0 Å². The quantitative estimate of drug-likeness (QED) is 0.889. The van der Waals surface area contributed by atoms with Crippen LogP contribution in [0, 0.1) is 6.92 Å². The molecule has 0 bridgehead atoms. The Kier molecular flexibility index (Phi) is 6.28. The van der Waals surface area contributed by atoms with Gasteiger partial charge >= 0.3 is 0 Å². The van der Waals surface area contributed by atoms with Crippen LogP contribution in [0.15, 0.2) is 24.3 Å². The number of hydrogen-bond acceptors (Lipinski definition) is 3. The number of hydrogen-bond donors (Lipinski definition) is 2. The average Bonchev–Trinajstić information content (AvgIpc) is 2.35. The van der Waals surface area contributed by atoms with Crippen molar-refractivity contribution < 1.29 is 4.79 Å². The number of piperidine rings is 1. The second-order valence-electron chi connectivity index (χ2n) is 4.98. The molecule has 19 heavy (non-hydrogen) atoms. The van der Waals surface area contributed by atoms with Crippen molar-refractivity contribution in [2.45, 2.75) is 25.8 Å². The Morgan fingerprint density at radius 2 is 2.00 bits per heavy atom. The zero-order chi connectivity index (χ0) is 13.0. The first-order valence-corrected chi connectivity index (χ1v) is 6.48. The van der Waals surface area contributed by atoms with Crippen molar-refractivity contribution in [1.82, 2.24) is 4.90 Å². The third-order valence-electron chi connectivity index (χ3n) is 3.42. The van der Waals surface area contributed by atoms with Gasteiger partial charge in [-0.2, -0.15) is 0 Å². The van der Waals surface area contributed by atoms with E-state index in [1.807, 2.05) is 31.2 Å². The lowest BCUT2D eigenvalue weighted by Gasteiger charge is -2.29. The fourth-order valence-corrected chi connectivity index (χ4v) is 2.22. The number of carbonyl (C=O) groups is 1. The topological polar surface area (TPSA) is 58.4 Å². The summed E-state index contributed by atoms with van der Waals surface area (Å²) in [5.74, 6) is 0.0553. The molecule has 1 amide bonds. The number of carbonyl (C=O) groups excluding carboxylic acids is 1. The maximum atomic E-state index is 11.9. The molecule has 0 atom stereocenters. The van der Waals surface area contributed by atoms with Gasteiger partial charge in [-0.1, -0.05) is 18.2 Å². The van der Waals surface area contributed by atoms with E-state index in [-0.39, 0.29) is 18.3 Å². The molecule has 106 valence electrons. The zero-order valence-corrected chi connectivity index (χ0v) is 12.1. The van der Waals surface area contributed by atoms with Gasteiger partial charge in [0, 0.05) is 24.8 Å². The number of likely N-dealkylation sites (tertiary alicyclic amines) is 1. The molecule has 0 spiro atoms. The van der Waals surface area contributed by atoms with Gasteiger partial charge in [-0.05, 0) is 31.4 Å². The van der Waals surface area contributed by atoms with E-state index in [9.17, 15) is 4.79 Å². The Morgan fingerprint density at radius 3 is 2.63 bits per heavy atom. The van der Waals surface area contributed by atoms with Crippen LogP contribution in [0.2, 0.25) is 0 Å². The molecule has 1 heterocycles. The Morgan fingerprint density at radius 1 is 1.37 bits per heavy atom. The SMILES string of the molecule is Cc1ccccc1NC(=O)CN1CCC(N)CC1.Cl. The largest absolute Gasteiger partial charge is 0.328 e. The molecule has 3 N–H and O–H groups in total. The fraction of sp³-hybridized carbons (Fsp3) is 0.500. The molecule has 0 unspecified atom stereocenters. The van der Waals surface area contributed by atoms with Crippen LogP contribution in [0.4, 0.5) is 5.69 Å². The predicted octanol–water partition coefficient (Wildman–Crippen LogP) is 1.78. The lowest BCUT2D eigenvalue weighted by molar-refractivity contribution is -0.117. The summed E-state index contributed by atoms with van der Waals surface area (Å²) in [5.41, 5.74) is 7.83. The van der Waals surface area contributed by atoms with Crippen molar-refractivity contribution in [2.24, 2.45) is 5.73 Å². The lowest BCUT2D eigenvalue weighted by Crippen LogP contribution is -2.43. The Hall–Kier alpha value is -1.10. The van der Waals surface area contributed by atoms with Gasteiger partial charge in [0.25, 0.3) is 0 Å². The van der Waals surface area contributed by atoms with Gasteiger partial charge in [-0.15, -0.1) is 12.4 Å². The highest BCUT2D eigenvalue weighted by atomic mass is 35.5. The van der Waals surface area contributed by atoms with Crippen molar-refractivity contribution >= 4 is 24.0 Å². The van der Waals surface area contributed by atoms with Crippen LogP contribution in [-0.2, 0) is 4.79 Å². The highest BCUT2D eigenvalue weighted by Crippen LogP contribution is 2.13. The zero-order valence-electron chi connectivity index (χ0n) is 11.3. The van der Waals surface area contributed by atoms with E-state index in [0.717, 1.165) is 37.2 Å². The molecule has 1 aromatic carbocycles. The van der Waals surface area contributed by atoms with Crippen LogP contribution < -0.4 is 11.1 Å². The number of aryl methyl sites for hydroxylation is 1. The summed E-state index contributed by atoms with van der Waals surface area (Å²) in [6.45, 7) is 4.29. The maximum absolute atomic E-state index is 11.9. The van der Waals surface area contributed by atoms with Crippen LogP contribution >= 0.6 is 12.4 Å². The molecule has 0 aliphatic carbocycles. The van der Waals surface area contributed by atoms with Crippen LogP contribution in [0.3, 0.4) is 0 Å². The van der Waals surface area contributed by atoms with E-state index in [2.05, 4.69) is 10.2 Å². The summed E-state index contributed by atoms with van der Waals surface area (Å²) < 4.78 is 0. The highest BCUT2D eigenvalue weighted by Gasteiger charge is 2.18. The number of para-hydroxylation sites is 1. The number of nitrogens with two attached hydrogens (primary N) is 1. The van der Waals surface area contributed by atoms with Gasteiger partial charge in [0.05, 0.1) is 6.54 Å². The van der Waals surface area contributed by atoms with Gasteiger partial charge in [0.2, 0.25) is 5.91 Å². The summed E-state index contributed by atoms with van der Waals surface area (Å²) >= 11 is 0.